The Balaban J connectivity index is 2.70. The molecule has 0 fully saturated rings. The van der Waals surface area contributed by atoms with Gasteiger partial charge in [-0.15, -0.1) is 0 Å². The number of halogens is 3. The van der Waals surface area contributed by atoms with Gasteiger partial charge in [-0.05, 0) is 34.5 Å². The molecule has 0 saturated heterocycles. The van der Waals surface area contributed by atoms with Gasteiger partial charge in [0.15, 0.2) is 0 Å². The molecule has 1 aromatic rings. The van der Waals surface area contributed by atoms with E-state index in [4.69, 9.17) is 5.73 Å². The molecule has 1 unspecified atom stereocenters. The molecule has 2 N–H and O–H groups in total. The van der Waals surface area contributed by atoms with Crippen molar-refractivity contribution in [1.82, 2.24) is 0 Å². The Hall–Kier alpha value is -0.130. The first-order valence-electron chi connectivity index (χ1n) is 5.72. The first-order valence-corrected chi connectivity index (χ1v) is 7.50. The van der Waals surface area contributed by atoms with Gasteiger partial charge in [0.2, 0.25) is 0 Å². The second kappa shape index (κ2) is 6.35. The quantitative estimate of drug-likeness (QED) is 0.836. The van der Waals surface area contributed by atoms with Crippen LogP contribution in [0.4, 0.5) is 8.78 Å². The minimum Gasteiger partial charge on any atom is -0.327 e. The number of rotatable bonds is 4. The zero-order valence-electron chi connectivity index (χ0n) is 10.8. The van der Waals surface area contributed by atoms with Crippen molar-refractivity contribution in [3.05, 3.63) is 33.8 Å². The minimum atomic E-state index is -0.550. The van der Waals surface area contributed by atoms with Crippen molar-refractivity contribution in [3.8, 4) is 0 Å². The van der Waals surface area contributed by atoms with Crippen molar-refractivity contribution in [2.75, 3.05) is 5.75 Å². The number of thioether (sulfide) groups is 1. The monoisotopic (exact) mass is 337 g/mol. The van der Waals surface area contributed by atoms with Crippen LogP contribution >= 0.6 is 27.7 Å². The van der Waals surface area contributed by atoms with Crippen LogP contribution in [0.5, 0.6) is 0 Å². The second-order valence-corrected chi connectivity index (χ2v) is 7.91. The van der Waals surface area contributed by atoms with Gasteiger partial charge in [0.25, 0.3) is 0 Å². The Bertz CT molecular complexity index is 418. The second-order valence-electron chi connectivity index (χ2n) is 5.21. The summed E-state index contributed by atoms with van der Waals surface area (Å²) in [6.45, 7) is 6.26. The van der Waals surface area contributed by atoms with Gasteiger partial charge in [0, 0.05) is 22.1 Å². The molecule has 1 nitrogen and oxygen atoms in total. The number of benzene rings is 1. The average Bonchev–Trinajstić information content (AvgIpc) is 2.26. The molecule has 0 aliphatic carbocycles. The van der Waals surface area contributed by atoms with Crippen LogP contribution in [0, 0.1) is 11.6 Å². The van der Waals surface area contributed by atoms with Crippen LogP contribution in [0.3, 0.4) is 0 Å². The molecule has 0 radical (unpaired) electrons. The lowest BCUT2D eigenvalue weighted by Crippen LogP contribution is -2.28. The van der Waals surface area contributed by atoms with Gasteiger partial charge in [-0.3, -0.25) is 0 Å². The molecule has 0 spiro atoms. The summed E-state index contributed by atoms with van der Waals surface area (Å²) in [5.74, 6) is -0.410. The fraction of sp³-hybridized carbons (Fsp3) is 0.538. The molecule has 1 aromatic carbocycles. The third kappa shape index (κ3) is 4.86. The van der Waals surface area contributed by atoms with Crippen molar-refractivity contribution in [2.24, 2.45) is 5.73 Å². The molecule has 0 aliphatic heterocycles. The molecule has 1 rings (SSSR count). The van der Waals surface area contributed by atoms with Gasteiger partial charge in [-0.25, -0.2) is 8.78 Å². The Morgan fingerprint density at radius 3 is 2.50 bits per heavy atom. The Kier molecular flexibility index (Phi) is 5.62. The molecule has 18 heavy (non-hydrogen) atoms. The number of nitrogens with two attached hydrogens (primary N) is 1. The lowest BCUT2D eigenvalue weighted by atomic mass is 10.1. The van der Waals surface area contributed by atoms with Crippen LogP contribution in [0.25, 0.3) is 0 Å². The van der Waals surface area contributed by atoms with Gasteiger partial charge in [-0.2, -0.15) is 11.8 Å². The summed E-state index contributed by atoms with van der Waals surface area (Å²) in [5.41, 5.74) is 5.99. The van der Waals surface area contributed by atoms with Gasteiger partial charge in [-0.1, -0.05) is 20.8 Å². The van der Waals surface area contributed by atoms with Crippen molar-refractivity contribution in [3.63, 3.8) is 0 Å². The highest BCUT2D eigenvalue weighted by molar-refractivity contribution is 9.10. The maximum atomic E-state index is 13.7. The highest BCUT2D eigenvalue weighted by Crippen LogP contribution is 2.26. The first-order chi connectivity index (χ1) is 8.20. The predicted molar refractivity (Wildman–Crippen MR) is 77.9 cm³/mol. The van der Waals surface area contributed by atoms with E-state index in [0.717, 1.165) is 0 Å². The highest BCUT2D eigenvalue weighted by Gasteiger charge is 2.18. The van der Waals surface area contributed by atoms with Crippen molar-refractivity contribution in [1.29, 1.82) is 0 Å². The zero-order valence-corrected chi connectivity index (χ0v) is 13.2. The summed E-state index contributed by atoms with van der Waals surface area (Å²) in [6.07, 6.45) is 0.209. The molecule has 0 heterocycles. The molecule has 0 saturated carbocycles. The van der Waals surface area contributed by atoms with E-state index in [1.165, 1.54) is 12.1 Å². The van der Waals surface area contributed by atoms with Gasteiger partial charge in [0.1, 0.15) is 11.6 Å². The zero-order chi connectivity index (χ0) is 13.9. The fourth-order valence-corrected chi connectivity index (χ4v) is 2.64. The van der Waals surface area contributed by atoms with Crippen LogP contribution in [0.15, 0.2) is 16.6 Å². The van der Waals surface area contributed by atoms with Crippen LogP contribution in [0.2, 0.25) is 0 Å². The van der Waals surface area contributed by atoms with Crippen LogP contribution in [-0.2, 0) is 6.42 Å². The third-order valence-electron chi connectivity index (χ3n) is 2.34. The van der Waals surface area contributed by atoms with E-state index in [9.17, 15) is 8.78 Å². The van der Waals surface area contributed by atoms with Gasteiger partial charge in [0.05, 0.1) is 4.47 Å². The standard InChI is InChI=1S/C13H18BrF2NS/c1-13(2,3)18-7-8(17)6-9-11(15)5-4-10(14)12(9)16/h4-5,8H,6-7,17H2,1-3H3. The topological polar surface area (TPSA) is 26.0 Å². The summed E-state index contributed by atoms with van der Waals surface area (Å²) < 4.78 is 27.7. The molecular weight excluding hydrogens is 320 g/mol. The average molecular weight is 338 g/mol. The predicted octanol–water partition coefficient (Wildman–Crippen LogP) is 4.13. The molecular formula is C13H18BrF2NS. The molecule has 0 aromatic heterocycles. The van der Waals surface area contributed by atoms with E-state index in [1.807, 2.05) is 0 Å². The van der Waals surface area contributed by atoms with E-state index in [2.05, 4.69) is 36.7 Å². The van der Waals surface area contributed by atoms with Gasteiger partial charge < -0.3 is 5.73 Å². The Morgan fingerprint density at radius 1 is 1.33 bits per heavy atom. The molecule has 1 atom stereocenters. The first kappa shape index (κ1) is 15.9. The van der Waals surface area contributed by atoms with Crippen LogP contribution in [0.1, 0.15) is 26.3 Å². The highest BCUT2D eigenvalue weighted by atomic mass is 79.9. The summed E-state index contributed by atoms with van der Waals surface area (Å²) in [5, 5.41) is 0. The maximum Gasteiger partial charge on any atom is 0.143 e. The summed E-state index contributed by atoms with van der Waals surface area (Å²) >= 11 is 4.75. The van der Waals surface area contributed by atoms with Crippen LogP contribution in [-0.4, -0.2) is 16.5 Å². The summed E-state index contributed by atoms with van der Waals surface area (Å²) in [4.78, 5) is 0. The van der Waals surface area contributed by atoms with Gasteiger partial charge >= 0.3 is 0 Å². The summed E-state index contributed by atoms with van der Waals surface area (Å²) in [6, 6.07) is 2.36. The fourth-order valence-electron chi connectivity index (χ4n) is 1.43. The SMILES string of the molecule is CC(C)(C)SCC(N)Cc1c(F)ccc(Br)c1F. The van der Waals surface area contributed by atoms with E-state index in [0.29, 0.717) is 5.75 Å². The van der Waals surface area contributed by atoms with Crippen LogP contribution < -0.4 is 5.73 Å². The molecule has 0 aliphatic rings. The van der Waals surface area contributed by atoms with E-state index in [1.54, 1.807) is 11.8 Å². The number of hydrogen-bond donors (Lipinski definition) is 1. The largest absolute Gasteiger partial charge is 0.327 e. The normalized spacial score (nSPS) is 13.7. The lowest BCUT2D eigenvalue weighted by molar-refractivity contribution is 0.539. The van der Waals surface area contributed by atoms with Crippen molar-refractivity contribution in [2.45, 2.75) is 38.0 Å². The van der Waals surface area contributed by atoms with E-state index < -0.39 is 11.6 Å². The Labute approximate surface area is 120 Å². The lowest BCUT2D eigenvalue weighted by Gasteiger charge is -2.21. The van der Waals surface area contributed by atoms with Crippen molar-refractivity contribution >= 4 is 27.7 Å². The van der Waals surface area contributed by atoms with Crippen molar-refractivity contribution < 1.29 is 8.78 Å². The number of hydrogen-bond acceptors (Lipinski definition) is 2. The molecule has 0 bridgehead atoms. The third-order valence-corrected chi connectivity index (χ3v) is 4.41. The minimum absolute atomic E-state index is 0.0615. The summed E-state index contributed by atoms with van der Waals surface area (Å²) in [7, 11) is 0. The maximum absolute atomic E-state index is 13.7. The molecule has 0 amide bonds. The molecule has 5 heteroatoms. The smallest absolute Gasteiger partial charge is 0.143 e. The van der Waals surface area contributed by atoms with E-state index >= 15 is 0 Å². The van der Waals surface area contributed by atoms with E-state index in [-0.39, 0.29) is 27.2 Å². The Morgan fingerprint density at radius 2 is 1.94 bits per heavy atom. The molecule has 102 valence electrons.